The third-order valence-corrected chi connectivity index (χ3v) is 4.91. The molecule has 2 amide bonds. The largest absolute Gasteiger partial charge is 1.00 e. The molecule has 2 aliphatic heterocycles. The number of hydroxylamine groups is 2. The topological polar surface area (TPSA) is 186 Å². The molecule has 3 atom stereocenters. The number of aromatic nitrogens is 1. The SMILES string of the molecule is CON=C(C(=O)N[C@H]1CON(C2(C(=O)[O-])CC(C)C(=O)O2)C1=O)c1csc(N)n1.[Na+]. The zero-order valence-electron chi connectivity index (χ0n) is 16.2. The van der Waals surface area contributed by atoms with Crippen molar-refractivity contribution >= 4 is 45.9 Å². The van der Waals surface area contributed by atoms with Gasteiger partial charge in [0.25, 0.3) is 17.5 Å². The number of anilines is 1. The summed E-state index contributed by atoms with van der Waals surface area (Å²) >= 11 is 1.07. The van der Waals surface area contributed by atoms with E-state index in [2.05, 4.69) is 20.3 Å². The molecule has 0 aliphatic carbocycles. The van der Waals surface area contributed by atoms with Gasteiger partial charge in [0.05, 0.1) is 5.92 Å². The van der Waals surface area contributed by atoms with Gasteiger partial charge in [-0.15, -0.1) is 11.3 Å². The number of ether oxygens (including phenoxy) is 1. The number of carboxylic acids is 1. The number of hydrogen-bond acceptors (Lipinski definition) is 12. The van der Waals surface area contributed by atoms with E-state index in [1.54, 1.807) is 0 Å². The van der Waals surface area contributed by atoms with Crippen molar-refractivity contribution in [2.45, 2.75) is 25.1 Å². The number of carbonyl (C=O) groups is 4. The number of hydrogen-bond donors (Lipinski definition) is 2. The van der Waals surface area contributed by atoms with Gasteiger partial charge in [0.1, 0.15) is 31.4 Å². The average molecular weight is 449 g/mol. The van der Waals surface area contributed by atoms with Crippen molar-refractivity contribution in [1.29, 1.82) is 0 Å². The van der Waals surface area contributed by atoms with Crippen molar-refractivity contribution in [3.05, 3.63) is 11.1 Å². The van der Waals surface area contributed by atoms with Crippen molar-refractivity contribution in [3.8, 4) is 0 Å². The molecule has 0 bridgehead atoms. The number of thiazole rings is 1. The summed E-state index contributed by atoms with van der Waals surface area (Å²) in [5.74, 6) is -5.17. The standard InChI is InChI=1S/C15H17N5O8S.Na/c1-6-3-15(13(24)25,28-12(6)23)20-11(22)7(4-27-20)17-10(21)9(19-26-2)8-5-29-14(16)18-8;/h5-7H,3-4H2,1-2H3,(H2,16,18)(H,17,21)(H,24,25);/q;+1/p-1/t6?,7-,15?;/m0./s1. The van der Waals surface area contributed by atoms with E-state index in [1.165, 1.54) is 19.4 Å². The Labute approximate surface area is 195 Å². The quantitative estimate of drug-likeness (QED) is 0.183. The Morgan fingerprint density at radius 3 is 2.70 bits per heavy atom. The van der Waals surface area contributed by atoms with Crippen molar-refractivity contribution in [3.63, 3.8) is 0 Å². The summed E-state index contributed by atoms with van der Waals surface area (Å²) in [6, 6.07) is -1.27. The maximum Gasteiger partial charge on any atom is 1.00 e. The third-order valence-electron chi connectivity index (χ3n) is 4.24. The van der Waals surface area contributed by atoms with Gasteiger partial charge in [-0.3, -0.25) is 19.2 Å². The smallest absolute Gasteiger partial charge is 0.544 e. The predicted octanol–water partition coefficient (Wildman–Crippen LogP) is -5.63. The van der Waals surface area contributed by atoms with E-state index in [-0.39, 0.29) is 52.5 Å². The first-order chi connectivity index (χ1) is 13.7. The molecule has 1 aromatic rings. The minimum Gasteiger partial charge on any atom is -0.544 e. The Morgan fingerprint density at radius 2 is 2.20 bits per heavy atom. The summed E-state index contributed by atoms with van der Waals surface area (Å²) in [5, 5.41) is 19.7. The van der Waals surface area contributed by atoms with Crippen molar-refractivity contribution < 1.29 is 68.3 Å². The molecule has 2 unspecified atom stereocenters. The van der Waals surface area contributed by atoms with E-state index in [4.69, 9.17) is 15.3 Å². The molecule has 0 aromatic carbocycles. The zero-order valence-corrected chi connectivity index (χ0v) is 19.1. The van der Waals surface area contributed by atoms with Crippen LogP contribution in [0.3, 0.4) is 0 Å². The number of amides is 2. The van der Waals surface area contributed by atoms with Crippen LogP contribution in [0.25, 0.3) is 0 Å². The van der Waals surface area contributed by atoms with Crippen LogP contribution in [0, 0.1) is 5.92 Å². The van der Waals surface area contributed by atoms with Gasteiger partial charge >= 0.3 is 35.5 Å². The molecule has 1 aromatic heterocycles. The van der Waals surface area contributed by atoms with Crippen LogP contribution >= 0.6 is 11.3 Å². The van der Waals surface area contributed by atoms with Gasteiger partial charge in [-0.2, -0.15) is 5.06 Å². The summed E-state index contributed by atoms with van der Waals surface area (Å²) in [5.41, 5.74) is 3.02. The Hall–Kier alpha value is -2.26. The van der Waals surface area contributed by atoms with Crippen LogP contribution in [-0.2, 0) is 33.6 Å². The van der Waals surface area contributed by atoms with Gasteiger partial charge < -0.3 is 30.5 Å². The van der Waals surface area contributed by atoms with E-state index >= 15 is 0 Å². The summed E-state index contributed by atoms with van der Waals surface area (Å²) < 4.78 is 4.89. The minimum absolute atomic E-state index is 0. The first-order valence-electron chi connectivity index (χ1n) is 8.24. The fourth-order valence-corrected chi connectivity index (χ4v) is 3.42. The van der Waals surface area contributed by atoms with Crippen molar-refractivity contribution in [1.82, 2.24) is 15.4 Å². The monoisotopic (exact) mass is 449 g/mol. The fourth-order valence-electron chi connectivity index (χ4n) is 2.87. The molecule has 3 N–H and O–H groups in total. The van der Waals surface area contributed by atoms with Crippen LogP contribution in [-0.4, -0.2) is 65.0 Å². The predicted molar refractivity (Wildman–Crippen MR) is 92.4 cm³/mol. The van der Waals surface area contributed by atoms with Gasteiger partial charge in [0, 0.05) is 11.8 Å². The molecule has 30 heavy (non-hydrogen) atoms. The summed E-state index contributed by atoms with van der Waals surface area (Å²) in [4.78, 5) is 62.3. The Kier molecular flexibility index (Phi) is 7.41. The normalized spacial score (nSPS) is 26.2. The number of nitrogens with two attached hydrogens (primary N) is 1. The van der Waals surface area contributed by atoms with E-state index in [0.29, 0.717) is 5.06 Å². The molecule has 0 spiro atoms. The number of aliphatic carboxylic acids is 1. The number of nitrogen functional groups attached to an aromatic ring is 1. The van der Waals surface area contributed by atoms with Gasteiger partial charge in [-0.25, -0.2) is 4.98 Å². The summed E-state index contributed by atoms with van der Waals surface area (Å²) in [6.45, 7) is 1.05. The molecule has 3 heterocycles. The molecule has 2 fully saturated rings. The molecular weight excluding hydrogens is 433 g/mol. The maximum absolute atomic E-state index is 12.7. The molecule has 3 rings (SSSR count). The average Bonchev–Trinajstić information content (AvgIpc) is 3.32. The van der Waals surface area contributed by atoms with Crippen LogP contribution in [0.15, 0.2) is 10.5 Å². The van der Waals surface area contributed by atoms with E-state index in [9.17, 15) is 24.3 Å². The molecule has 0 radical (unpaired) electrons. The molecule has 13 nitrogen and oxygen atoms in total. The Balaban J connectivity index is 0.00000320. The number of nitrogens with zero attached hydrogens (tertiary/aromatic N) is 3. The number of esters is 1. The van der Waals surface area contributed by atoms with Gasteiger partial charge in [-0.05, 0) is 0 Å². The second-order valence-electron chi connectivity index (χ2n) is 6.25. The maximum atomic E-state index is 12.7. The van der Waals surface area contributed by atoms with Crippen LogP contribution in [0.1, 0.15) is 19.0 Å². The summed E-state index contributed by atoms with van der Waals surface area (Å²) in [6.07, 6.45) is -0.352. The second-order valence-corrected chi connectivity index (χ2v) is 7.14. The van der Waals surface area contributed by atoms with Crippen LogP contribution < -0.4 is 45.7 Å². The summed E-state index contributed by atoms with van der Waals surface area (Å²) in [7, 11) is 1.22. The molecule has 2 saturated heterocycles. The van der Waals surface area contributed by atoms with Crippen LogP contribution in [0.4, 0.5) is 5.13 Å². The number of carboxylic acid groups (broad SMARTS) is 1. The number of cyclic esters (lactones) is 1. The molecule has 15 heteroatoms. The Bertz CT molecular complexity index is 907. The van der Waals surface area contributed by atoms with E-state index < -0.39 is 48.0 Å². The van der Waals surface area contributed by atoms with E-state index in [1.807, 2.05) is 0 Å². The zero-order chi connectivity index (χ0) is 21.3. The molecular formula is C15H16N5NaO8S. The van der Waals surface area contributed by atoms with Gasteiger partial charge in [0.15, 0.2) is 10.8 Å². The van der Waals surface area contributed by atoms with Gasteiger partial charge in [0.2, 0.25) is 0 Å². The molecule has 2 aliphatic rings. The first kappa shape index (κ1) is 24.0. The second kappa shape index (κ2) is 9.26. The number of oxime groups is 1. The third kappa shape index (κ3) is 4.27. The Morgan fingerprint density at radius 1 is 1.50 bits per heavy atom. The van der Waals surface area contributed by atoms with Crippen LogP contribution in [0.5, 0.6) is 0 Å². The first-order valence-corrected chi connectivity index (χ1v) is 9.12. The van der Waals surface area contributed by atoms with Crippen molar-refractivity contribution in [2.24, 2.45) is 11.1 Å². The molecule has 0 saturated carbocycles. The fraction of sp³-hybridized carbons (Fsp3) is 0.467. The molecule has 156 valence electrons. The number of nitrogens with one attached hydrogen (secondary N) is 1. The number of carbonyl (C=O) groups excluding carboxylic acids is 4. The minimum atomic E-state index is -2.40. The van der Waals surface area contributed by atoms with E-state index in [0.717, 1.165) is 11.3 Å². The van der Waals surface area contributed by atoms with Gasteiger partial charge in [-0.1, -0.05) is 12.1 Å². The van der Waals surface area contributed by atoms with Crippen molar-refractivity contribution in [2.75, 3.05) is 19.5 Å². The number of rotatable bonds is 6. The van der Waals surface area contributed by atoms with Crippen LogP contribution in [0.2, 0.25) is 0 Å².